The maximum absolute atomic E-state index is 2.32. The van der Waals surface area contributed by atoms with E-state index >= 15 is 0 Å². The van der Waals surface area contributed by atoms with E-state index in [-0.39, 0.29) is 0 Å². The van der Waals surface area contributed by atoms with Crippen LogP contribution in [-0.4, -0.2) is 0 Å². The zero-order valence-corrected chi connectivity index (χ0v) is 8.26. The summed E-state index contributed by atoms with van der Waals surface area (Å²) in [6.45, 7) is 2.21. The van der Waals surface area contributed by atoms with Gasteiger partial charge in [-0.15, -0.1) is 0 Å². The Balaban J connectivity index is 2.69. The van der Waals surface area contributed by atoms with E-state index in [4.69, 9.17) is 0 Å². The summed E-state index contributed by atoms with van der Waals surface area (Å²) in [5.74, 6) is 0. The average molecular weight is 246 g/mol. The molecule has 0 fully saturated rings. The van der Waals surface area contributed by atoms with Crippen LogP contribution >= 0.6 is 22.6 Å². The molecule has 0 saturated heterocycles. The second kappa shape index (κ2) is 3.96. The highest BCUT2D eigenvalue weighted by atomic mass is 127. The van der Waals surface area contributed by atoms with E-state index in [9.17, 15) is 0 Å². The maximum atomic E-state index is 2.32. The lowest BCUT2D eigenvalue weighted by Gasteiger charge is -1.96. The van der Waals surface area contributed by atoms with Gasteiger partial charge in [0.25, 0.3) is 0 Å². The van der Waals surface area contributed by atoms with Crippen LogP contribution in [0, 0.1) is 3.57 Å². The molecule has 0 aromatic heterocycles. The van der Waals surface area contributed by atoms with E-state index in [1.54, 1.807) is 0 Å². The van der Waals surface area contributed by atoms with Crippen molar-refractivity contribution in [3.63, 3.8) is 0 Å². The van der Waals surface area contributed by atoms with Crippen LogP contribution in [0.3, 0.4) is 0 Å². The summed E-state index contributed by atoms with van der Waals surface area (Å²) in [5, 5.41) is 0. The average Bonchev–Trinajstić information content (AvgIpc) is 1.95. The van der Waals surface area contributed by atoms with Crippen LogP contribution in [-0.2, 0) is 6.42 Å². The van der Waals surface area contributed by atoms with Gasteiger partial charge in [-0.1, -0.05) is 25.5 Å². The molecule has 0 spiro atoms. The lowest BCUT2D eigenvalue weighted by molar-refractivity contribution is 0.921. The molecule has 0 bridgehead atoms. The Labute approximate surface area is 75.8 Å². The number of rotatable bonds is 2. The van der Waals surface area contributed by atoms with Crippen molar-refractivity contribution >= 4 is 22.6 Å². The van der Waals surface area contributed by atoms with Crippen LogP contribution < -0.4 is 0 Å². The van der Waals surface area contributed by atoms with E-state index in [0.717, 1.165) is 0 Å². The molecule has 0 atom stereocenters. The molecule has 54 valence electrons. The van der Waals surface area contributed by atoms with Crippen LogP contribution in [0.15, 0.2) is 24.3 Å². The normalized spacial score (nSPS) is 9.80. The molecule has 10 heavy (non-hydrogen) atoms. The van der Waals surface area contributed by atoms with E-state index in [0.29, 0.717) is 0 Å². The fourth-order valence-electron chi connectivity index (χ4n) is 0.940. The Morgan fingerprint density at radius 3 is 2.30 bits per heavy atom. The minimum Gasteiger partial charge on any atom is -0.0651 e. The Hall–Kier alpha value is -0.0500. The third-order valence-electron chi connectivity index (χ3n) is 1.45. The zero-order chi connectivity index (χ0) is 7.40. The van der Waals surface area contributed by atoms with Gasteiger partial charge in [0.05, 0.1) is 0 Å². The lowest BCUT2D eigenvalue weighted by Crippen LogP contribution is -1.81. The van der Waals surface area contributed by atoms with Crippen molar-refractivity contribution in [2.75, 3.05) is 0 Å². The minimum atomic E-state index is 1.21. The van der Waals surface area contributed by atoms with Gasteiger partial charge in [0, 0.05) is 3.57 Å². The predicted molar refractivity (Wildman–Crippen MR) is 53.2 cm³/mol. The van der Waals surface area contributed by atoms with Gasteiger partial charge < -0.3 is 0 Å². The fourth-order valence-corrected chi connectivity index (χ4v) is 1.30. The molecule has 0 aliphatic rings. The van der Waals surface area contributed by atoms with Gasteiger partial charge in [0.2, 0.25) is 0 Å². The molecule has 0 aliphatic carbocycles. The molecular weight excluding hydrogens is 235 g/mol. The van der Waals surface area contributed by atoms with Crippen molar-refractivity contribution in [1.82, 2.24) is 0 Å². The monoisotopic (exact) mass is 246 g/mol. The van der Waals surface area contributed by atoms with E-state index in [2.05, 4.69) is 53.8 Å². The Morgan fingerprint density at radius 2 is 1.80 bits per heavy atom. The number of hydrogen-bond donors (Lipinski definition) is 0. The van der Waals surface area contributed by atoms with Crippen molar-refractivity contribution in [3.8, 4) is 0 Å². The molecule has 0 saturated carbocycles. The molecule has 1 rings (SSSR count). The summed E-state index contributed by atoms with van der Waals surface area (Å²) in [7, 11) is 0. The number of aryl methyl sites for hydroxylation is 1. The Kier molecular flexibility index (Phi) is 3.19. The van der Waals surface area contributed by atoms with Crippen LogP contribution in [0.5, 0.6) is 0 Å². The molecule has 0 N–H and O–H groups in total. The van der Waals surface area contributed by atoms with Crippen molar-refractivity contribution in [2.24, 2.45) is 0 Å². The van der Waals surface area contributed by atoms with Crippen LogP contribution in [0.4, 0.5) is 0 Å². The highest BCUT2D eigenvalue weighted by Gasteiger charge is 1.88. The van der Waals surface area contributed by atoms with Crippen LogP contribution in [0.25, 0.3) is 0 Å². The molecule has 0 radical (unpaired) electrons. The molecule has 1 aromatic carbocycles. The third kappa shape index (κ3) is 2.29. The predicted octanol–water partition coefficient (Wildman–Crippen LogP) is 3.24. The summed E-state index contributed by atoms with van der Waals surface area (Å²) >= 11 is 2.32. The van der Waals surface area contributed by atoms with Crippen LogP contribution in [0.2, 0.25) is 0 Å². The summed E-state index contributed by atoms with van der Waals surface area (Å²) in [5.41, 5.74) is 1.45. The summed E-state index contributed by atoms with van der Waals surface area (Å²) < 4.78 is 1.32. The zero-order valence-electron chi connectivity index (χ0n) is 6.10. The van der Waals surface area contributed by atoms with Gasteiger partial charge >= 0.3 is 0 Å². The second-order valence-corrected chi connectivity index (χ2v) is 3.62. The van der Waals surface area contributed by atoms with E-state index in [1.165, 1.54) is 22.0 Å². The molecule has 0 amide bonds. The summed E-state index contributed by atoms with van der Waals surface area (Å²) in [6.07, 6.45) is 2.44. The van der Waals surface area contributed by atoms with Gasteiger partial charge in [-0.3, -0.25) is 0 Å². The maximum Gasteiger partial charge on any atom is 0.0130 e. The van der Waals surface area contributed by atoms with Crippen molar-refractivity contribution in [3.05, 3.63) is 33.4 Å². The molecule has 0 nitrogen and oxygen atoms in total. The quantitative estimate of drug-likeness (QED) is 0.702. The standard InChI is InChI=1S/C9H11I/c1-2-3-8-4-6-9(10)7-5-8/h4-7H,2-3H2,1H3. The number of halogens is 1. The molecular formula is C9H11I. The molecule has 0 unspecified atom stereocenters. The summed E-state index contributed by atoms with van der Waals surface area (Å²) in [6, 6.07) is 8.72. The van der Waals surface area contributed by atoms with Gasteiger partial charge in [-0.2, -0.15) is 0 Å². The highest BCUT2D eigenvalue weighted by molar-refractivity contribution is 14.1. The van der Waals surface area contributed by atoms with Gasteiger partial charge in [-0.25, -0.2) is 0 Å². The Morgan fingerprint density at radius 1 is 1.20 bits per heavy atom. The number of hydrogen-bond acceptors (Lipinski definition) is 0. The van der Waals surface area contributed by atoms with Crippen molar-refractivity contribution in [1.29, 1.82) is 0 Å². The van der Waals surface area contributed by atoms with Crippen LogP contribution in [0.1, 0.15) is 18.9 Å². The number of benzene rings is 1. The summed E-state index contributed by atoms with van der Waals surface area (Å²) in [4.78, 5) is 0. The molecule has 0 heterocycles. The largest absolute Gasteiger partial charge is 0.0651 e. The third-order valence-corrected chi connectivity index (χ3v) is 2.17. The Bertz CT molecular complexity index is 188. The second-order valence-electron chi connectivity index (χ2n) is 2.38. The van der Waals surface area contributed by atoms with E-state index < -0.39 is 0 Å². The SMILES string of the molecule is CCCc1ccc(I)cc1. The van der Waals surface area contributed by atoms with Gasteiger partial charge in [-0.05, 0) is 46.7 Å². The fraction of sp³-hybridized carbons (Fsp3) is 0.333. The van der Waals surface area contributed by atoms with Gasteiger partial charge in [0.1, 0.15) is 0 Å². The molecule has 0 aliphatic heterocycles. The van der Waals surface area contributed by atoms with Crippen molar-refractivity contribution < 1.29 is 0 Å². The van der Waals surface area contributed by atoms with Gasteiger partial charge in [0.15, 0.2) is 0 Å². The minimum absolute atomic E-state index is 1.21. The lowest BCUT2D eigenvalue weighted by atomic mass is 10.1. The smallest absolute Gasteiger partial charge is 0.0130 e. The molecule has 1 heteroatoms. The van der Waals surface area contributed by atoms with E-state index in [1.807, 2.05) is 0 Å². The topological polar surface area (TPSA) is 0 Å². The first-order valence-corrected chi connectivity index (χ1v) is 4.65. The van der Waals surface area contributed by atoms with Crippen molar-refractivity contribution in [2.45, 2.75) is 19.8 Å². The first-order valence-electron chi connectivity index (χ1n) is 3.57. The first kappa shape index (κ1) is 8.05. The first-order chi connectivity index (χ1) is 4.83. The molecule has 1 aromatic rings. The highest BCUT2D eigenvalue weighted by Crippen LogP contribution is 2.07.